The minimum absolute atomic E-state index is 0.394. The summed E-state index contributed by atoms with van der Waals surface area (Å²) in [6.07, 6.45) is 4.65. The highest BCUT2D eigenvalue weighted by Gasteiger charge is 2.24. The van der Waals surface area contributed by atoms with Crippen LogP contribution in [0.2, 0.25) is 0 Å². The van der Waals surface area contributed by atoms with Crippen molar-refractivity contribution in [3.8, 4) is 0 Å². The van der Waals surface area contributed by atoms with Crippen LogP contribution >= 0.6 is 0 Å². The average Bonchev–Trinajstić information content (AvgIpc) is 2.99. The minimum Gasteiger partial charge on any atom is -0.374 e. The Bertz CT molecular complexity index is 194. The third-order valence-corrected chi connectivity index (χ3v) is 3.42. The van der Waals surface area contributed by atoms with Crippen molar-refractivity contribution in [1.29, 1.82) is 0 Å². The van der Waals surface area contributed by atoms with Gasteiger partial charge in [-0.25, -0.2) is 0 Å². The number of nitrogens with zero attached hydrogens (tertiary/aromatic N) is 1. The lowest BCUT2D eigenvalue weighted by Gasteiger charge is -2.31. The van der Waals surface area contributed by atoms with Crippen LogP contribution in [0.4, 0.5) is 0 Å². The molecule has 1 aliphatic carbocycles. The lowest BCUT2D eigenvalue weighted by Crippen LogP contribution is -2.46. The van der Waals surface area contributed by atoms with Gasteiger partial charge < -0.3 is 15.0 Å². The van der Waals surface area contributed by atoms with E-state index < -0.39 is 0 Å². The molecule has 0 aromatic carbocycles. The number of morpholine rings is 1. The van der Waals surface area contributed by atoms with Crippen molar-refractivity contribution in [2.75, 3.05) is 33.3 Å². The van der Waals surface area contributed by atoms with Crippen LogP contribution in [0.25, 0.3) is 0 Å². The lowest BCUT2D eigenvalue weighted by molar-refractivity contribution is -0.0192. The minimum atomic E-state index is 0.394. The Morgan fingerprint density at radius 3 is 2.93 bits per heavy atom. The van der Waals surface area contributed by atoms with E-state index in [4.69, 9.17) is 4.74 Å². The Balaban J connectivity index is 1.58. The van der Waals surface area contributed by atoms with E-state index in [9.17, 15) is 0 Å². The highest BCUT2D eigenvalue weighted by molar-refractivity contribution is 4.79. The molecule has 3 nitrogen and oxygen atoms in total. The van der Waals surface area contributed by atoms with E-state index in [1.54, 1.807) is 0 Å². The quantitative estimate of drug-likeness (QED) is 0.738. The molecule has 1 N–H and O–H groups in total. The van der Waals surface area contributed by atoms with Gasteiger partial charge in [0, 0.05) is 25.7 Å². The SMILES string of the molecule is CC(CC1CC1)NCC1CN(C)CCO1. The molecule has 2 unspecified atom stereocenters. The van der Waals surface area contributed by atoms with Crippen molar-refractivity contribution in [2.45, 2.75) is 38.3 Å². The molecule has 0 aromatic rings. The first-order valence-electron chi connectivity index (χ1n) is 6.27. The molecule has 2 rings (SSSR count). The fourth-order valence-corrected chi connectivity index (χ4v) is 2.26. The number of ether oxygens (including phenoxy) is 1. The third-order valence-electron chi connectivity index (χ3n) is 3.42. The molecular weight excluding hydrogens is 188 g/mol. The zero-order valence-corrected chi connectivity index (χ0v) is 10.0. The van der Waals surface area contributed by atoms with E-state index in [-0.39, 0.29) is 0 Å². The van der Waals surface area contributed by atoms with E-state index in [1.807, 2.05) is 0 Å². The van der Waals surface area contributed by atoms with Gasteiger partial charge in [0.05, 0.1) is 12.7 Å². The molecule has 88 valence electrons. The summed E-state index contributed by atoms with van der Waals surface area (Å²) in [5, 5.41) is 3.59. The first kappa shape index (κ1) is 11.4. The number of rotatable bonds is 5. The van der Waals surface area contributed by atoms with Gasteiger partial charge in [-0.05, 0) is 26.3 Å². The maximum absolute atomic E-state index is 5.72. The summed E-state index contributed by atoms with van der Waals surface area (Å²) in [6.45, 7) is 6.35. The predicted molar refractivity (Wildman–Crippen MR) is 62.0 cm³/mol. The number of hydrogen-bond acceptors (Lipinski definition) is 3. The summed E-state index contributed by atoms with van der Waals surface area (Å²) >= 11 is 0. The van der Waals surface area contributed by atoms with E-state index in [0.29, 0.717) is 12.1 Å². The number of nitrogens with one attached hydrogen (secondary N) is 1. The second-order valence-corrected chi connectivity index (χ2v) is 5.24. The molecule has 1 saturated carbocycles. The normalized spacial score (nSPS) is 30.4. The van der Waals surface area contributed by atoms with E-state index >= 15 is 0 Å². The molecule has 0 aromatic heterocycles. The molecule has 0 amide bonds. The summed E-state index contributed by atoms with van der Waals surface area (Å²) < 4.78 is 5.72. The monoisotopic (exact) mass is 212 g/mol. The molecular formula is C12H24N2O. The fourth-order valence-electron chi connectivity index (χ4n) is 2.26. The summed E-state index contributed by atoms with van der Waals surface area (Å²) in [4.78, 5) is 2.35. The highest BCUT2D eigenvalue weighted by Crippen LogP contribution is 2.33. The largest absolute Gasteiger partial charge is 0.374 e. The van der Waals surface area contributed by atoms with Gasteiger partial charge >= 0.3 is 0 Å². The smallest absolute Gasteiger partial charge is 0.0826 e. The second-order valence-electron chi connectivity index (χ2n) is 5.24. The predicted octanol–water partition coefficient (Wildman–Crippen LogP) is 1.10. The zero-order chi connectivity index (χ0) is 10.7. The van der Waals surface area contributed by atoms with Crippen LogP contribution in [0, 0.1) is 5.92 Å². The standard InChI is InChI=1S/C12H24N2O/c1-10(7-11-3-4-11)13-8-12-9-14(2)5-6-15-12/h10-13H,3-9H2,1-2H3. The third kappa shape index (κ3) is 4.09. The summed E-state index contributed by atoms with van der Waals surface area (Å²) in [5.74, 6) is 1.02. The Hall–Kier alpha value is -0.120. The van der Waals surface area contributed by atoms with Crippen LogP contribution in [0.15, 0.2) is 0 Å². The van der Waals surface area contributed by atoms with Crippen LogP contribution in [0.1, 0.15) is 26.2 Å². The summed E-state index contributed by atoms with van der Waals surface area (Å²) in [5.41, 5.74) is 0. The zero-order valence-electron chi connectivity index (χ0n) is 10.0. The Morgan fingerprint density at radius 1 is 1.47 bits per heavy atom. The van der Waals surface area contributed by atoms with Crippen LogP contribution in [0.5, 0.6) is 0 Å². The molecule has 0 radical (unpaired) electrons. The number of hydrogen-bond donors (Lipinski definition) is 1. The first-order valence-corrected chi connectivity index (χ1v) is 6.27. The Labute approximate surface area is 93.2 Å². The summed E-state index contributed by atoms with van der Waals surface area (Å²) in [7, 11) is 2.17. The van der Waals surface area contributed by atoms with Crippen LogP contribution in [-0.4, -0.2) is 50.3 Å². The van der Waals surface area contributed by atoms with Crippen molar-refractivity contribution in [2.24, 2.45) is 5.92 Å². The molecule has 1 heterocycles. The van der Waals surface area contributed by atoms with E-state index in [2.05, 4.69) is 24.2 Å². The first-order chi connectivity index (χ1) is 7.24. The van der Waals surface area contributed by atoms with Gasteiger partial charge in [0.1, 0.15) is 0 Å². The van der Waals surface area contributed by atoms with Crippen LogP contribution in [0.3, 0.4) is 0 Å². The van der Waals surface area contributed by atoms with Crippen molar-refractivity contribution in [1.82, 2.24) is 10.2 Å². The number of likely N-dealkylation sites (N-methyl/N-ethyl adjacent to an activating group) is 1. The van der Waals surface area contributed by atoms with Gasteiger partial charge in [-0.2, -0.15) is 0 Å². The van der Waals surface area contributed by atoms with Gasteiger partial charge in [0.15, 0.2) is 0 Å². The Morgan fingerprint density at radius 2 is 2.27 bits per heavy atom. The molecule has 0 spiro atoms. The van der Waals surface area contributed by atoms with Crippen molar-refractivity contribution in [3.05, 3.63) is 0 Å². The van der Waals surface area contributed by atoms with Gasteiger partial charge in [0.25, 0.3) is 0 Å². The maximum Gasteiger partial charge on any atom is 0.0826 e. The molecule has 2 aliphatic rings. The molecule has 2 atom stereocenters. The molecule has 1 saturated heterocycles. The second kappa shape index (κ2) is 5.28. The Kier molecular flexibility index (Phi) is 4.00. The fraction of sp³-hybridized carbons (Fsp3) is 1.00. The molecule has 0 bridgehead atoms. The molecule has 2 fully saturated rings. The molecule has 1 aliphatic heterocycles. The van der Waals surface area contributed by atoms with Crippen molar-refractivity contribution in [3.63, 3.8) is 0 Å². The van der Waals surface area contributed by atoms with Gasteiger partial charge in [-0.3, -0.25) is 0 Å². The highest BCUT2D eigenvalue weighted by atomic mass is 16.5. The lowest BCUT2D eigenvalue weighted by atomic mass is 10.1. The van der Waals surface area contributed by atoms with E-state index in [1.165, 1.54) is 19.3 Å². The van der Waals surface area contributed by atoms with Crippen molar-refractivity contribution < 1.29 is 4.74 Å². The maximum atomic E-state index is 5.72. The van der Waals surface area contributed by atoms with Crippen molar-refractivity contribution >= 4 is 0 Å². The topological polar surface area (TPSA) is 24.5 Å². The van der Waals surface area contributed by atoms with Gasteiger partial charge in [0.2, 0.25) is 0 Å². The molecule has 3 heteroatoms. The average molecular weight is 212 g/mol. The van der Waals surface area contributed by atoms with Crippen LogP contribution in [-0.2, 0) is 4.74 Å². The van der Waals surface area contributed by atoms with E-state index in [0.717, 1.165) is 32.2 Å². The molecule has 15 heavy (non-hydrogen) atoms. The van der Waals surface area contributed by atoms with Crippen LogP contribution < -0.4 is 5.32 Å². The van der Waals surface area contributed by atoms with Gasteiger partial charge in [-0.1, -0.05) is 12.8 Å². The van der Waals surface area contributed by atoms with Gasteiger partial charge in [-0.15, -0.1) is 0 Å². The summed E-state index contributed by atoms with van der Waals surface area (Å²) in [6, 6.07) is 0.660.